The zero-order valence-electron chi connectivity index (χ0n) is 13.7. The van der Waals surface area contributed by atoms with Crippen LogP contribution in [0, 0.1) is 0 Å². The van der Waals surface area contributed by atoms with Crippen LogP contribution in [0.25, 0.3) is 0 Å². The number of rotatable bonds is 5. The van der Waals surface area contributed by atoms with Crippen LogP contribution in [0.1, 0.15) is 58.6 Å². The summed E-state index contributed by atoms with van der Waals surface area (Å²) in [5, 5.41) is 0. The molecular formula is C20H19F3O2. The highest BCUT2D eigenvalue weighted by atomic mass is 19.4. The molecule has 0 saturated heterocycles. The number of carbonyl (C=O) groups is 1. The molecule has 0 radical (unpaired) electrons. The van der Waals surface area contributed by atoms with E-state index in [4.69, 9.17) is 4.74 Å². The minimum absolute atomic E-state index is 0.00230. The molecule has 5 heteroatoms. The van der Waals surface area contributed by atoms with Gasteiger partial charge in [-0.25, -0.2) is 0 Å². The van der Waals surface area contributed by atoms with Gasteiger partial charge in [-0.15, -0.1) is 0 Å². The Balaban J connectivity index is 1.78. The Morgan fingerprint density at radius 3 is 2.32 bits per heavy atom. The number of carbonyl (C=O) groups excluding carboxylic acids is 1. The summed E-state index contributed by atoms with van der Waals surface area (Å²) < 4.78 is 45.9. The Labute approximate surface area is 144 Å². The van der Waals surface area contributed by atoms with Gasteiger partial charge in [0.2, 0.25) is 0 Å². The molecule has 1 aliphatic rings. The molecule has 0 unspecified atom stereocenters. The van der Waals surface area contributed by atoms with Crippen molar-refractivity contribution in [1.29, 1.82) is 0 Å². The lowest BCUT2D eigenvalue weighted by Gasteiger charge is -2.19. The van der Waals surface area contributed by atoms with E-state index in [-0.39, 0.29) is 12.5 Å². The van der Waals surface area contributed by atoms with E-state index >= 15 is 0 Å². The number of aldehydes is 1. The molecule has 1 saturated carbocycles. The minimum Gasteiger partial charge on any atom is -0.489 e. The van der Waals surface area contributed by atoms with Crippen molar-refractivity contribution in [2.45, 2.75) is 44.4 Å². The fourth-order valence-corrected chi connectivity index (χ4v) is 3.34. The molecule has 1 fully saturated rings. The molecule has 2 aromatic carbocycles. The maximum absolute atomic E-state index is 13.5. The van der Waals surface area contributed by atoms with Crippen LogP contribution in [0.3, 0.4) is 0 Å². The number of alkyl halides is 3. The smallest absolute Gasteiger partial charge is 0.416 e. The van der Waals surface area contributed by atoms with Gasteiger partial charge in [-0.1, -0.05) is 25.0 Å². The first-order chi connectivity index (χ1) is 12.0. The fourth-order valence-electron chi connectivity index (χ4n) is 3.34. The molecule has 1 aliphatic carbocycles. The van der Waals surface area contributed by atoms with E-state index in [1.807, 2.05) is 0 Å². The number of hydrogen-bond acceptors (Lipinski definition) is 2. The molecule has 0 amide bonds. The van der Waals surface area contributed by atoms with Crippen LogP contribution in [-0.4, -0.2) is 6.29 Å². The highest BCUT2D eigenvalue weighted by molar-refractivity contribution is 5.74. The summed E-state index contributed by atoms with van der Waals surface area (Å²) in [5.74, 6) is 0.515. The van der Waals surface area contributed by atoms with Crippen molar-refractivity contribution in [3.8, 4) is 5.75 Å². The Kier molecular flexibility index (Phi) is 5.11. The van der Waals surface area contributed by atoms with Gasteiger partial charge in [0.05, 0.1) is 5.56 Å². The molecule has 2 nitrogen and oxygen atoms in total. The average molecular weight is 348 g/mol. The van der Waals surface area contributed by atoms with Gasteiger partial charge in [0.25, 0.3) is 0 Å². The van der Waals surface area contributed by atoms with E-state index in [1.165, 1.54) is 6.07 Å². The quantitative estimate of drug-likeness (QED) is 0.643. The molecule has 0 N–H and O–H groups in total. The molecule has 0 atom stereocenters. The first kappa shape index (κ1) is 17.5. The highest BCUT2D eigenvalue weighted by Gasteiger charge is 2.36. The minimum atomic E-state index is -4.36. The molecule has 0 aromatic heterocycles. The van der Waals surface area contributed by atoms with Crippen LogP contribution in [0.5, 0.6) is 5.75 Å². The number of halogens is 3. The second-order valence-electron chi connectivity index (χ2n) is 6.38. The van der Waals surface area contributed by atoms with Crippen LogP contribution >= 0.6 is 0 Å². The van der Waals surface area contributed by atoms with Gasteiger partial charge >= 0.3 is 6.18 Å². The summed E-state index contributed by atoms with van der Waals surface area (Å²) >= 11 is 0. The van der Waals surface area contributed by atoms with Crippen molar-refractivity contribution in [2.75, 3.05) is 0 Å². The van der Waals surface area contributed by atoms with E-state index < -0.39 is 11.7 Å². The molecule has 2 aromatic rings. The van der Waals surface area contributed by atoms with Gasteiger partial charge in [-0.2, -0.15) is 13.2 Å². The Morgan fingerprint density at radius 1 is 1.04 bits per heavy atom. The fraction of sp³-hybridized carbons (Fsp3) is 0.350. The van der Waals surface area contributed by atoms with Crippen LogP contribution in [-0.2, 0) is 12.8 Å². The first-order valence-corrected chi connectivity index (χ1v) is 8.35. The number of ether oxygens (including phenoxy) is 1. The van der Waals surface area contributed by atoms with Gasteiger partial charge in [-0.05, 0) is 60.2 Å². The van der Waals surface area contributed by atoms with Gasteiger partial charge < -0.3 is 4.74 Å². The summed E-state index contributed by atoms with van der Waals surface area (Å²) in [7, 11) is 0. The largest absolute Gasteiger partial charge is 0.489 e. The molecule has 0 aliphatic heterocycles. The van der Waals surface area contributed by atoms with Crippen molar-refractivity contribution in [2.24, 2.45) is 0 Å². The third-order valence-electron chi connectivity index (χ3n) is 4.64. The van der Waals surface area contributed by atoms with E-state index in [9.17, 15) is 18.0 Å². The lowest BCUT2D eigenvalue weighted by atomic mass is 9.91. The van der Waals surface area contributed by atoms with Crippen molar-refractivity contribution >= 4 is 6.29 Å². The second-order valence-corrected chi connectivity index (χ2v) is 6.38. The van der Waals surface area contributed by atoms with Crippen molar-refractivity contribution < 1.29 is 22.7 Å². The van der Waals surface area contributed by atoms with Crippen LogP contribution in [0.2, 0.25) is 0 Å². The number of hydrogen-bond donors (Lipinski definition) is 0. The Morgan fingerprint density at radius 2 is 1.72 bits per heavy atom. The third kappa shape index (κ3) is 4.21. The molecule has 25 heavy (non-hydrogen) atoms. The molecule has 3 rings (SSSR count). The second kappa shape index (κ2) is 7.30. The van der Waals surface area contributed by atoms with E-state index in [2.05, 4.69) is 0 Å². The molecule has 0 heterocycles. The molecule has 132 valence electrons. The Hall–Kier alpha value is -2.30. The standard InChI is InChI=1S/C20H19F3O2/c21-20(22,23)19-11-15(7-10-18(19)16-3-1-2-4-16)13-25-17-8-5-14(12-24)6-9-17/h5-12,16H,1-4,13H2. The summed E-state index contributed by atoms with van der Waals surface area (Å²) in [6.07, 6.45) is -0.0160. The maximum Gasteiger partial charge on any atom is 0.416 e. The normalized spacial score (nSPS) is 15.3. The molecular weight excluding hydrogens is 329 g/mol. The van der Waals surface area contributed by atoms with Gasteiger partial charge in [-0.3, -0.25) is 4.79 Å². The summed E-state index contributed by atoms with van der Waals surface area (Å²) in [4.78, 5) is 10.6. The van der Waals surface area contributed by atoms with Crippen LogP contribution in [0.4, 0.5) is 13.2 Å². The lowest BCUT2D eigenvalue weighted by Crippen LogP contribution is -2.12. The maximum atomic E-state index is 13.5. The summed E-state index contributed by atoms with van der Waals surface area (Å²) in [6, 6.07) is 11.0. The zero-order valence-corrected chi connectivity index (χ0v) is 13.7. The summed E-state index contributed by atoms with van der Waals surface area (Å²) in [6.45, 7) is 0.0501. The van der Waals surface area contributed by atoms with Crippen molar-refractivity contribution in [1.82, 2.24) is 0 Å². The van der Waals surface area contributed by atoms with E-state index in [1.54, 1.807) is 36.4 Å². The topological polar surface area (TPSA) is 26.3 Å². The highest BCUT2D eigenvalue weighted by Crippen LogP contribution is 2.41. The van der Waals surface area contributed by atoms with Crippen LogP contribution < -0.4 is 4.74 Å². The third-order valence-corrected chi connectivity index (χ3v) is 4.64. The zero-order chi connectivity index (χ0) is 17.9. The predicted octanol–water partition coefficient (Wildman–Crippen LogP) is 5.75. The van der Waals surface area contributed by atoms with Gasteiger partial charge in [0, 0.05) is 5.56 Å². The molecule has 0 spiro atoms. The summed E-state index contributed by atoms with van der Waals surface area (Å²) in [5.41, 5.74) is 0.863. The Bertz CT molecular complexity index is 730. The SMILES string of the molecule is O=Cc1ccc(OCc2ccc(C3CCCC3)c(C(F)(F)F)c2)cc1. The van der Waals surface area contributed by atoms with Crippen molar-refractivity contribution in [3.63, 3.8) is 0 Å². The molecule has 0 bridgehead atoms. The van der Waals surface area contributed by atoms with Crippen LogP contribution in [0.15, 0.2) is 42.5 Å². The number of benzene rings is 2. The van der Waals surface area contributed by atoms with Gasteiger partial charge in [0.1, 0.15) is 18.6 Å². The first-order valence-electron chi connectivity index (χ1n) is 8.35. The lowest BCUT2D eigenvalue weighted by molar-refractivity contribution is -0.138. The monoisotopic (exact) mass is 348 g/mol. The van der Waals surface area contributed by atoms with E-state index in [0.717, 1.165) is 32.0 Å². The van der Waals surface area contributed by atoms with Gasteiger partial charge in [0.15, 0.2) is 0 Å². The van der Waals surface area contributed by atoms with E-state index in [0.29, 0.717) is 22.4 Å². The van der Waals surface area contributed by atoms with Crippen molar-refractivity contribution in [3.05, 3.63) is 64.7 Å². The average Bonchev–Trinajstić information content (AvgIpc) is 3.14. The predicted molar refractivity (Wildman–Crippen MR) is 88.8 cm³/mol.